The van der Waals surface area contributed by atoms with E-state index in [9.17, 15) is 4.79 Å². The van der Waals surface area contributed by atoms with Crippen molar-refractivity contribution in [1.29, 1.82) is 0 Å². The van der Waals surface area contributed by atoms with Crippen LogP contribution in [0.3, 0.4) is 0 Å². The molecule has 0 bridgehead atoms. The van der Waals surface area contributed by atoms with E-state index in [1.807, 2.05) is 11.8 Å². The molecule has 2 aromatic rings. The molecule has 1 N–H and O–H groups in total. The molecule has 0 atom stereocenters. The summed E-state index contributed by atoms with van der Waals surface area (Å²) in [6, 6.07) is 16.8. The Bertz CT molecular complexity index is 810. The number of anilines is 1. The van der Waals surface area contributed by atoms with Crippen molar-refractivity contribution in [3.05, 3.63) is 59.7 Å². The van der Waals surface area contributed by atoms with Gasteiger partial charge in [0.1, 0.15) is 0 Å². The van der Waals surface area contributed by atoms with Crippen LogP contribution in [0, 0.1) is 0 Å². The first kappa shape index (κ1) is 20.8. The number of nitrogens with one attached hydrogen (secondary N) is 1. The third-order valence-electron chi connectivity index (χ3n) is 5.62. The average molecular weight is 427 g/mol. The summed E-state index contributed by atoms with van der Waals surface area (Å²) < 4.78 is 2.84. The second kappa shape index (κ2) is 9.59. The molecular weight excluding hydrogens is 396 g/mol. The molecule has 2 aliphatic rings. The fraction of sp³-hybridized carbons (Fsp3) is 0.458. The topological polar surface area (TPSA) is 32.3 Å². The lowest BCUT2D eigenvalue weighted by Crippen LogP contribution is -2.26. The van der Waals surface area contributed by atoms with E-state index in [1.54, 1.807) is 0 Å². The first-order valence-electron chi connectivity index (χ1n) is 10.7. The van der Waals surface area contributed by atoms with Crippen LogP contribution < -0.4 is 5.32 Å². The minimum atomic E-state index is 0.0393. The number of benzene rings is 2. The number of amides is 1. The molecule has 0 aromatic heterocycles. The van der Waals surface area contributed by atoms with Gasteiger partial charge in [0.05, 0.1) is 11.2 Å². The minimum absolute atomic E-state index is 0.0393. The number of rotatable bonds is 8. The van der Waals surface area contributed by atoms with Crippen LogP contribution in [0.5, 0.6) is 0 Å². The van der Waals surface area contributed by atoms with Gasteiger partial charge in [0, 0.05) is 23.7 Å². The van der Waals surface area contributed by atoms with Crippen LogP contribution in [-0.2, 0) is 16.0 Å². The highest BCUT2D eigenvalue weighted by Gasteiger charge is 2.46. The predicted octanol–water partition coefficient (Wildman–Crippen LogP) is 6.10. The fourth-order valence-electron chi connectivity index (χ4n) is 3.87. The maximum Gasteiger partial charge on any atom is 0.228 e. The van der Waals surface area contributed by atoms with E-state index in [0.29, 0.717) is 6.42 Å². The normalized spacial score (nSPS) is 18.4. The summed E-state index contributed by atoms with van der Waals surface area (Å²) in [5.41, 5.74) is 3.33. The van der Waals surface area contributed by atoms with E-state index in [2.05, 4.69) is 77.0 Å². The molecule has 29 heavy (non-hydrogen) atoms. The lowest BCUT2D eigenvalue weighted by Gasteiger charge is -2.29. The molecule has 2 fully saturated rings. The molecule has 5 heteroatoms. The second-order valence-corrected chi connectivity index (χ2v) is 10.8. The summed E-state index contributed by atoms with van der Waals surface area (Å²) >= 11 is 3.88. The van der Waals surface area contributed by atoms with Gasteiger partial charge in [0.2, 0.25) is 5.91 Å². The summed E-state index contributed by atoms with van der Waals surface area (Å²) in [4.78, 5) is 13.7. The lowest BCUT2D eigenvalue weighted by atomic mass is 10.1. The molecule has 154 valence electrons. The van der Waals surface area contributed by atoms with Crippen molar-refractivity contribution in [2.75, 3.05) is 24.2 Å². The van der Waals surface area contributed by atoms with Gasteiger partial charge in [0.15, 0.2) is 0 Å². The summed E-state index contributed by atoms with van der Waals surface area (Å²) in [6.45, 7) is 4.59. The van der Waals surface area contributed by atoms with Gasteiger partial charge in [-0.25, -0.2) is 4.31 Å². The minimum Gasteiger partial charge on any atom is -0.326 e. The molecule has 1 saturated heterocycles. The van der Waals surface area contributed by atoms with Gasteiger partial charge in [-0.1, -0.05) is 49.6 Å². The Morgan fingerprint density at radius 1 is 1.00 bits per heavy atom. The summed E-state index contributed by atoms with van der Waals surface area (Å²) in [5, 5.41) is 3.05. The van der Waals surface area contributed by atoms with Crippen molar-refractivity contribution < 1.29 is 4.79 Å². The molecule has 1 heterocycles. The average Bonchev–Trinajstić information content (AvgIpc) is 3.51. The Balaban J connectivity index is 1.31. The van der Waals surface area contributed by atoms with Crippen LogP contribution in [0.1, 0.15) is 50.2 Å². The molecule has 0 radical (unpaired) electrons. The summed E-state index contributed by atoms with van der Waals surface area (Å²) in [7, 11) is 0. The van der Waals surface area contributed by atoms with Gasteiger partial charge >= 0.3 is 0 Å². The van der Waals surface area contributed by atoms with Gasteiger partial charge in [-0.3, -0.25) is 4.79 Å². The molecule has 4 rings (SSSR count). The third-order valence-corrected chi connectivity index (χ3v) is 8.13. The quantitative estimate of drug-likeness (QED) is 0.408. The molecule has 3 nitrogen and oxygen atoms in total. The summed E-state index contributed by atoms with van der Waals surface area (Å²) in [6.07, 6.45) is 6.95. The second-order valence-electron chi connectivity index (χ2n) is 7.95. The van der Waals surface area contributed by atoms with Gasteiger partial charge in [0.25, 0.3) is 0 Å². The van der Waals surface area contributed by atoms with Gasteiger partial charge < -0.3 is 5.32 Å². The van der Waals surface area contributed by atoms with Crippen LogP contribution in [0.2, 0.25) is 0 Å². The number of carbonyl (C=O) groups is 1. The number of hydrogen-bond acceptors (Lipinski definition) is 4. The molecule has 1 aliphatic heterocycles. The Hall–Kier alpha value is -1.43. The van der Waals surface area contributed by atoms with Crippen LogP contribution in [-0.4, -0.2) is 29.1 Å². The smallest absolute Gasteiger partial charge is 0.228 e. The predicted molar refractivity (Wildman–Crippen MR) is 126 cm³/mol. The maximum absolute atomic E-state index is 12.4. The zero-order chi connectivity index (χ0) is 20.1. The molecule has 1 aliphatic carbocycles. The number of nitrogens with zero attached hydrogens (tertiary/aromatic N) is 1. The van der Waals surface area contributed by atoms with E-state index < -0.39 is 0 Å². The molecule has 0 spiro atoms. The zero-order valence-corrected chi connectivity index (χ0v) is 18.8. The number of thioether (sulfide) groups is 1. The SMILES string of the molecule is CCSc1ccc(CC(=O)Nc2ccc(C3(SN4CCCCC4)CC3)cc2)cc1. The highest BCUT2D eigenvalue weighted by molar-refractivity contribution is 7.99. The van der Waals surface area contributed by atoms with Crippen LogP contribution in [0.15, 0.2) is 53.4 Å². The molecule has 1 saturated carbocycles. The van der Waals surface area contributed by atoms with Crippen molar-refractivity contribution in [3.8, 4) is 0 Å². The Labute approximate surface area is 183 Å². The first-order chi connectivity index (χ1) is 14.2. The monoisotopic (exact) mass is 426 g/mol. The van der Waals surface area contributed by atoms with E-state index >= 15 is 0 Å². The Morgan fingerprint density at radius 2 is 1.69 bits per heavy atom. The van der Waals surface area contributed by atoms with E-state index in [1.165, 1.54) is 55.7 Å². The number of piperidine rings is 1. The van der Waals surface area contributed by atoms with E-state index in [4.69, 9.17) is 0 Å². The van der Waals surface area contributed by atoms with Crippen molar-refractivity contribution >= 4 is 35.3 Å². The van der Waals surface area contributed by atoms with Gasteiger partial charge in [-0.2, -0.15) is 0 Å². The van der Waals surface area contributed by atoms with Crippen LogP contribution in [0.25, 0.3) is 0 Å². The number of hydrogen-bond donors (Lipinski definition) is 1. The fourth-order valence-corrected chi connectivity index (χ4v) is 5.99. The molecular formula is C24H30N2OS2. The van der Waals surface area contributed by atoms with Crippen LogP contribution >= 0.6 is 23.7 Å². The molecule has 0 unspecified atom stereocenters. The van der Waals surface area contributed by atoms with Crippen molar-refractivity contribution in [2.45, 2.75) is 55.1 Å². The Kier molecular flexibility index (Phi) is 6.88. The standard InChI is InChI=1S/C24H30N2OS2/c1-2-28-22-12-6-19(7-13-22)18-23(27)25-21-10-8-20(9-11-21)24(14-15-24)29-26-16-4-3-5-17-26/h6-13H,2-5,14-18H2,1H3,(H,25,27). The Morgan fingerprint density at radius 3 is 2.31 bits per heavy atom. The van der Waals surface area contributed by atoms with E-state index in [0.717, 1.165) is 17.0 Å². The van der Waals surface area contributed by atoms with Crippen molar-refractivity contribution in [2.24, 2.45) is 0 Å². The first-order valence-corrected chi connectivity index (χ1v) is 12.5. The van der Waals surface area contributed by atoms with E-state index in [-0.39, 0.29) is 10.7 Å². The van der Waals surface area contributed by atoms with Crippen LogP contribution in [0.4, 0.5) is 5.69 Å². The number of carbonyl (C=O) groups excluding carboxylic acids is 1. The highest BCUT2D eigenvalue weighted by Crippen LogP contribution is 2.58. The summed E-state index contributed by atoms with van der Waals surface area (Å²) in [5.74, 6) is 1.10. The lowest BCUT2D eigenvalue weighted by molar-refractivity contribution is -0.115. The maximum atomic E-state index is 12.4. The largest absolute Gasteiger partial charge is 0.326 e. The molecule has 2 aromatic carbocycles. The third kappa shape index (κ3) is 5.59. The molecule has 1 amide bonds. The van der Waals surface area contributed by atoms with Crippen molar-refractivity contribution in [1.82, 2.24) is 4.31 Å². The van der Waals surface area contributed by atoms with Gasteiger partial charge in [-0.15, -0.1) is 11.8 Å². The van der Waals surface area contributed by atoms with Crippen molar-refractivity contribution in [3.63, 3.8) is 0 Å². The zero-order valence-electron chi connectivity index (χ0n) is 17.2. The van der Waals surface area contributed by atoms with Gasteiger partial charge in [-0.05, 0) is 66.8 Å². The highest BCUT2D eigenvalue weighted by atomic mass is 32.2.